The van der Waals surface area contributed by atoms with Crippen LogP contribution in [0.2, 0.25) is 0 Å². The zero-order chi connectivity index (χ0) is 8.85. The van der Waals surface area contributed by atoms with Gasteiger partial charge in [-0.15, -0.1) is 0 Å². The van der Waals surface area contributed by atoms with Gasteiger partial charge in [0.25, 0.3) is 5.78 Å². The van der Waals surface area contributed by atoms with Crippen LogP contribution < -0.4 is 0 Å². The Bertz CT molecular complexity index is 222. The van der Waals surface area contributed by atoms with Gasteiger partial charge in [0.05, 0.1) is 0 Å². The van der Waals surface area contributed by atoms with Crippen molar-refractivity contribution in [2.45, 2.75) is 20.8 Å². The van der Waals surface area contributed by atoms with Crippen molar-refractivity contribution in [1.82, 2.24) is 0 Å². The van der Waals surface area contributed by atoms with Crippen LogP contribution in [0.1, 0.15) is 20.8 Å². The SMILES string of the molecule is C/C(=C\C(C)C)C(=O)C=[N+]=[N-]. The van der Waals surface area contributed by atoms with E-state index >= 15 is 0 Å². The Balaban J connectivity index is 4.35. The highest BCUT2D eigenvalue weighted by molar-refractivity contribution is 6.32. The van der Waals surface area contributed by atoms with Crippen LogP contribution in [0.4, 0.5) is 0 Å². The maximum atomic E-state index is 10.9. The van der Waals surface area contributed by atoms with Crippen LogP contribution in [0, 0.1) is 5.92 Å². The van der Waals surface area contributed by atoms with E-state index in [0.29, 0.717) is 11.5 Å². The lowest BCUT2D eigenvalue weighted by molar-refractivity contribution is -0.112. The van der Waals surface area contributed by atoms with Gasteiger partial charge in [0, 0.05) is 5.57 Å². The lowest BCUT2D eigenvalue weighted by atomic mass is 10.1. The van der Waals surface area contributed by atoms with E-state index in [1.165, 1.54) is 0 Å². The fraction of sp³-hybridized carbons (Fsp3) is 0.500. The van der Waals surface area contributed by atoms with E-state index in [9.17, 15) is 4.79 Å². The van der Waals surface area contributed by atoms with E-state index in [-0.39, 0.29) is 5.78 Å². The normalized spacial score (nSPS) is 11.1. The Morgan fingerprint density at radius 2 is 2.09 bits per heavy atom. The Morgan fingerprint density at radius 1 is 1.55 bits per heavy atom. The highest BCUT2D eigenvalue weighted by atomic mass is 16.1. The number of carbonyl (C=O) groups excluding carboxylic acids is 1. The molecular weight excluding hydrogens is 140 g/mol. The van der Waals surface area contributed by atoms with Crippen molar-refractivity contribution in [2.24, 2.45) is 5.92 Å². The van der Waals surface area contributed by atoms with Crippen molar-refractivity contribution in [1.29, 1.82) is 0 Å². The summed E-state index contributed by atoms with van der Waals surface area (Å²) in [5.74, 6) is 0.0900. The highest BCUT2D eigenvalue weighted by Gasteiger charge is 2.04. The second-order valence-corrected chi connectivity index (χ2v) is 2.70. The monoisotopic (exact) mass is 152 g/mol. The molecule has 0 spiro atoms. The van der Waals surface area contributed by atoms with Crippen LogP contribution in [-0.2, 0) is 4.79 Å². The number of hydrogen-bond acceptors (Lipinski definition) is 1. The minimum Gasteiger partial charge on any atom is -0.361 e. The summed E-state index contributed by atoms with van der Waals surface area (Å²) in [6.45, 7) is 5.66. The smallest absolute Gasteiger partial charge is 0.327 e. The molecule has 0 aromatic heterocycles. The first-order valence-corrected chi connectivity index (χ1v) is 3.48. The molecule has 0 bridgehead atoms. The molecule has 0 fully saturated rings. The zero-order valence-corrected chi connectivity index (χ0v) is 7.03. The molecule has 11 heavy (non-hydrogen) atoms. The standard InChI is InChI=1S/C8H12N2O/c1-6(2)4-7(3)8(11)5-10-9/h4-6H,1-3H3/b7-4+. The molecule has 0 rings (SSSR count). The summed E-state index contributed by atoms with van der Waals surface area (Å²) in [4.78, 5) is 13.5. The van der Waals surface area contributed by atoms with Gasteiger partial charge in [0.1, 0.15) is 0 Å². The van der Waals surface area contributed by atoms with E-state index in [1.54, 1.807) is 6.92 Å². The third-order valence-corrected chi connectivity index (χ3v) is 1.15. The number of Topliss-reactive ketones (excluding diaryl/α,β-unsaturated/α-hetero) is 1. The maximum Gasteiger partial charge on any atom is 0.327 e. The first-order chi connectivity index (χ1) is 5.07. The van der Waals surface area contributed by atoms with Gasteiger partial charge in [-0.2, -0.15) is 4.79 Å². The quantitative estimate of drug-likeness (QED) is 0.261. The first-order valence-electron chi connectivity index (χ1n) is 3.48. The summed E-state index contributed by atoms with van der Waals surface area (Å²) < 4.78 is 0. The highest BCUT2D eigenvalue weighted by Crippen LogP contribution is 2.00. The molecule has 0 aromatic carbocycles. The van der Waals surface area contributed by atoms with Crippen LogP contribution in [-0.4, -0.2) is 16.8 Å². The van der Waals surface area contributed by atoms with Crippen LogP contribution in [0.15, 0.2) is 11.6 Å². The summed E-state index contributed by atoms with van der Waals surface area (Å²) in [5.41, 5.74) is 8.65. The second-order valence-electron chi connectivity index (χ2n) is 2.70. The number of allylic oxidation sites excluding steroid dienone is 2. The Labute approximate surface area is 66.3 Å². The van der Waals surface area contributed by atoms with Gasteiger partial charge in [-0.05, 0) is 12.8 Å². The van der Waals surface area contributed by atoms with Crippen molar-refractivity contribution in [2.75, 3.05) is 0 Å². The van der Waals surface area contributed by atoms with Gasteiger partial charge < -0.3 is 5.53 Å². The van der Waals surface area contributed by atoms with E-state index in [0.717, 1.165) is 6.21 Å². The lowest BCUT2D eigenvalue weighted by Gasteiger charge is -1.95. The van der Waals surface area contributed by atoms with Crippen LogP contribution in [0.3, 0.4) is 0 Å². The molecule has 0 heterocycles. The minimum absolute atomic E-state index is 0.249. The Hall–Kier alpha value is -1.21. The molecule has 0 atom stereocenters. The third-order valence-electron chi connectivity index (χ3n) is 1.15. The molecule has 60 valence electrons. The Morgan fingerprint density at radius 3 is 2.45 bits per heavy atom. The Kier molecular flexibility index (Phi) is 4.08. The van der Waals surface area contributed by atoms with E-state index in [2.05, 4.69) is 4.79 Å². The molecular formula is C8H12N2O. The lowest BCUT2D eigenvalue weighted by Crippen LogP contribution is -2.02. The molecule has 0 aliphatic rings. The molecule has 3 heteroatoms. The van der Waals surface area contributed by atoms with Crippen LogP contribution in [0.25, 0.3) is 5.53 Å². The topological polar surface area (TPSA) is 53.5 Å². The second kappa shape index (κ2) is 4.58. The molecule has 0 saturated heterocycles. The summed E-state index contributed by atoms with van der Waals surface area (Å²) in [6.07, 6.45) is 2.72. The number of nitrogens with zero attached hydrogens (tertiary/aromatic N) is 2. The first kappa shape index (κ1) is 9.79. The molecule has 0 amide bonds. The number of carbonyl (C=O) groups is 1. The van der Waals surface area contributed by atoms with Crippen molar-refractivity contribution in [3.05, 3.63) is 17.2 Å². The van der Waals surface area contributed by atoms with E-state index in [4.69, 9.17) is 5.53 Å². The predicted molar refractivity (Wildman–Crippen MR) is 43.3 cm³/mol. The van der Waals surface area contributed by atoms with Crippen molar-refractivity contribution in [3.8, 4) is 0 Å². The summed E-state index contributed by atoms with van der Waals surface area (Å²) >= 11 is 0. The summed E-state index contributed by atoms with van der Waals surface area (Å²) in [6, 6.07) is 0. The molecule has 3 nitrogen and oxygen atoms in total. The molecule has 0 unspecified atom stereocenters. The fourth-order valence-corrected chi connectivity index (χ4v) is 0.736. The van der Waals surface area contributed by atoms with Crippen molar-refractivity contribution in [3.63, 3.8) is 0 Å². The van der Waals surface area contributed by atoms with Crippen LogP contribution >= 0.6 is 0 Å². The molecule has 0 N–H and O–H groups in total. The van der Waals surface area contributed by atoms with Gasteiger partial charge in [0.2, 0.25) is 0 Å². The summed E-state index contributed by atoms with van der Waals surface area (Å²) in [5, 5.41) is 0. The van der Waals surface area contributed by atoms with E-state index < -0.39 is 0 Å². The summed E-state index contributed by atoms with van der Waals surface area (Å²) in [7, 11) is 0. The number of hydrogen-bond donors (Lipinski definition) is 0. The average molecular weight is 152 g/mol. The molecule has 0 aromatic rings. The number of rotatable bonds is 3. The number of ketones is 1. The van der Waals surface area contributed by atoms with Gasteiger partial charge in [-0.25, -0.2) is 0 Å². The molecule has 0 radical (unpaired) electrons. The fourth-order valence-electron chi connectivity index (χ4n) is 0.736. The van der Waals surface area contributed by atoms with Gasteiger partial charge in [-0.1, -0.05) is 19.9 Å². The van der Waals surface area contributed by atoms with Gasteiger partial charge in [-0.3, -0.25) is 4.79 Å². The van der Waals surface area contributed by atoms with E-state index in [1.807, 2.05) is 19.9 Å². The third kappa shape index (κ3) is 4.23. The van der Waals surface area contributed by atoms with Gasteiger partial charge in [0.15, 0.2) is 0 Å². The molecule has 0 saturated carbocycles. The van der Waals surface area contributed by atoms with Crippen molar-refractivity contribution < 1.29 is 9.58 Å². The molecule has 0 aliphatic carbocycles. The van der Waals surface area contributed by atoms with Crippen LogP contribution in [0.5, 0.6) is 0 Å². The minimum atomic E-state index is -0.249. The molecule has 0 aliphatic heterocycles. The van der Waals surface area contributed by atoms with Crippen molar-refractivity contribution >= 4 is 12.0 Å². The largest absolute Gasteiger partial charge is 0.361 e. The predicted octanol–water partition coefficient (Wildman–Crippen LogP) is 1.46. The van der Waals surface area contributed by atoms with Gasteiger partial charge >= 0.3 is 6.21 Å². The maximum absolute atomic E-state index is 10.9. The zero-order valence-electron chi connectivity index (χ0n) is 7.03. The average Bonchev–Trinajstić information content (AvgIpc) is 1.86.